The largest absolute Gasteiger partial charge is 0.409 e. The summed E-state index contributed by atoms with van der Waals surface area (Å²) < 4.78 is 0. The molecule has 16 heavy (non-hydrogen) atoms. The minimum atomic E-state index is 0.254. The van der Waals surface area contributed by atoms with Crippen LogP contribution in [0.3, 0.4) is 0 Å². The van der Waals surface area contributed by atoms with E-state index in [1.807, 2.05) is 12.1 Å². The first kappa shape index (κ1) is 12.5. The molecule has 1 rings (SSSR count). The van der Waals surface area contributed by atoms with E-state index in [2.05, 4.69) is 36.5 Å². The highest BCUT2D eigenvalue weighted by molar-refractivity contribution is 5.79. The van der Waals surface area contributed by atoms with E-state index in [1.54, 1.807) is 0 Å². The molecular weight excluding hydrogens is 202 g/mol. The van der Waals surface area contributed by atoms with E-state index in [0.29, 0.717) is 13.0 Å². The number of nitrogens with two attached hydrogens (primary N) is 1. The molecule has 88 valence electrons. The molecule has 4 heteroatoms. The van der Waals surface area contributed by atoms with Crippen molar-refractivity contribution in [3.8, 4) is 0 Å². The van der Waals surface area contributed by atoms with Gasteiger partial charge in [0.25, 0.3) is 0 Å². The van der Waals surface area contributed by atoms with Crippen LogP contribution in [0, 0.1) is 6.92 Å². The van der Waals surface area contributed by atoms with Gasteiger partial charge in [0.15, 0.2) is 0 Å². The quantitative estimate of drug-likeness (QED) is 0.307. The fourth-order valence-electron chi connectivity index (χ4n) is 1.65. The van der Waals surface area contributed by atoms with Crippen LogP contribution in [0.1, 0.15) is 30.5 Å². The second-order valence-corrected chi connectivity index (χ2v) is 3.87. The lowest BCUT2D eigenvalue weighted by Crippen LogP contribution is -2.25. The first-order chi connectivity index (χ1) is 7.65. The Labute approximate surface area is 96.2 Å². The zero-order valence-electron chi connectivity index (χ0n) is 9.77. The summed E-state index contributed by atoms with van der Waals surface area (Å²) in [6, 6.07) is 8.53. The van der Waals surface area contributed by atoms with Gasteiger partial charge in [0.05, 0.1) is 0 Å². The van der Waals surface area contributed by atoms with E-state index in [4.69, 9.17) is 10.9 Å². The van der Waals surface area contributed by atoms with Gasteiger partial charge in [-0.25, -0.2) is 0 Å². The van der Waals surface area contributed by atoms with Crippen LogP contribution in [-0.4, -0.2) is 17.6 Å². The van der Waals surface area contributed by atoms with Crippen molar-refractivity contribution >= 4 is 5.84 Å². The number of rotatable bonds is 5. The van der Waals surface area contributed by atoms with Gasteiger partial charge in [-0.1, -0.05) is 29.4 Å². The normalized spacial score (nSPS) is 13.8. The second-order valence-electron chi connectivity index (χ2n) is 3.87. The fraction of sp³-hybridized carbons (Fsp3) is 0.417. The average Bonchev–Trinajstić information content (AvgIpc) is 2.29. The second kappa shape index (κ2) is 6.12. The van der Waals surface area contributed by atoms with Crippen molar-refractivity contribution in [2.75, 3.05) is 6.54 Å². The predicted molar refractivity (Wildman–Crippen MR) is 65.6 cm³/mol. The van der Waals surface area contributed by atoms with E-state index in [9.17, 15) is 0 Å². The van der Waals surface area contributed by atoms with Crippen molar-refractivity contribution in [1.29, 1.82) is 0 Å². The van der Waals surface area contributed by atoms with Gasteiger partial charge in [-0.05, 0) is 25.0 Å². The Bertz CT molecular complexity index is 363. The average molecular weight is 221 g/mol. The smallest absolute Gasteiger partial charge is 0.140 e. The van der Waals surface area contributed by atoms with Gasteiger partial charge < -0.3 is 16.3 Å². The summed E-state index contributed by atoms with van der Waals surface area (Å²) in [5.74, 6) is 0.254. The molecule has 0 aliphatic rings. The lowest BCUT2D eigenvalue weighted by Gasteiger charge is -2.16. The Morgan fingerprint density at radius 1 is 1.50 bits per heavy atom. The highest BCUT2D eigenvalue weighted by Gasteiger charge is 2.06. The minimum Gasteiger partial charge on any atom is -0.409 e. The van der Waals surface area contributed by atoms with Crippen LogP contribution in [0.5, 0.6) is 0 Å². The minimum absolute atomic E-state index is 0.254. The van der Waals surface area contributed by atoms with Gasteiger partial charge in [0, 0.05) is 19.0 Å². The Morgan fingerprint density at radius 3 is 2.81 bits per heavy atom. The number of nitrogens with one attached hydrogen (secondary N) is 1. The van der Waals surface area contributed by atoms with Crippen molar-refractivity contribution in [3.05, 3.63) is 35.4 Å². The molecule has 0 radical (unpaired) electrons. The first-order valence-corrected chi connectivity index (χ1v) is 5.40. The summed E-state index contributed by atoms with van der Waals surface area (Å²) in [7, 11) is 0. The van der Waals surface area contributed by atoms with E-state index >= 15 is 0 Å². The van der Waals surface area contributed by atoms with Crippen LogP contribution in [0.2, 0.25) is 0 Å². The zero-order valence-corrected chi connectivity index (χ0v) is 9.77. The Kier molecular flexibility index (Phi) is 4.79. The molecule has 0 aliphatic carbocycles. The molecule has 1 aromatic rings. The Balaban J connectivity index is 2.47. The highest BCUT2D eigenvalue weighted by Crippen LogP contribution is 2.16. The SMILES string of the molecule is Cc1ccccc1[C@@H](C)NCC/C(N)=N/O. The fourth-order valence-corrected chi connectivity index (χ4v) is 1.65. The number of amidine groups is 1. The summed E-state index contributed by atoms with van der Waals surface area (Å²) in [6.45, 7) is 4.90. The van der Waals surface area contributed by atoms with Gasteiger partial charge in [-0.15, -0.1) is 0 Å². The maximum atomic E-state index is 8.40. The number of nitrogens with zero attached hydrogens (tertiary/aromatic N) is 1. The molecule has 0 amide bonds. The third-order valence-corrected chi connectivity index (χ3v) is 2.62. The van der Waals surface area contributed by atoms with E-state index < -0.39 is 0 Å². The number of hydrogen-bond acceptors (Lipinski definition) is 3. The third-order valence-electron chi connectivity index (χ3n) is 2.62. The van der Waals surface area contributed by atoms with Crippen molar-refractivity contribution in [1.82, 2.24) is 5.32 Å². The molecule has 0 bridgehead atoms. The maximum Gasteiger partial charge on any atom is 0.140 e. The molecule has 1 aromatic carbocycles. The van der Waals surface area contributed by atoms with E-state index in [-0.39, 0.29) is 11.9 Å². The number of aryl methyl sites for hydroxylation is 1. The lowest BCUT2D eigenvalue weighted by molar-refractivity contribution is 0.316. The van der Waals surface area contributed by atoms with Gasteiger partial charge in [-0.3, -0.25) is 0 Å². The van der Waals surface area contributed by atoms with Gasteiger partial charge >= 0.3 is 0 Å². The Morgan fingerprint density at radius 2 is 2.19 bits per heavy atom. The van der Waals surface area contributed by atoms with Gasteiger partial charge in [0.2, 0.25) is 0 Å². The van der Waals surface area contributed by atoms with Crippen LogP contribution < -0.4 is 11.1 Å². The predicted octanol–water partition coefficient (Wildman–Crippen LogP) is 1.78. The molecule has 4 nitrogen and oxygen atoms in total. The van der Waals surface area contributed by atoms with Gasteiger partial charge in [0.1, 0.15) is 5.84 Å². The monoisotopic (exact) mass is 221 g/mol. The molecular formula is C12H19N3O. The molecule has 0 heterocycles. The first-order valence-electron chi connectivity index (χ1n) is 5.40. The van der Waals surface area contributed by atoms with Crippen LogP contribution in [0.25, 0.3) is 0 Å². The van der Waals surface area contributed by atoms with Crippen LogP contribution >= 0.6 is 0 Å². The standard InChI is InChI=1S/C12H19N3O/c1-9-5-3-4-6-11(9)10(2)14-8-7-12(13)15-16/h3-6,10,14,16H,7-8H2,1-2H3,(H2,13,15)/t10-/m1/s1. The maximum absolute atomic E-state index is 8.40. The summed E-state index contributed by atoms with van der Waals surface area (Å²) in [5.41, 5.74) is 7.94. The molecule has 1 atom stereocenters. The van der Waals surface area contributed by atoms with Crippen LogP contribution in [0.4, 0.5) is 0 Å². The molecule has 0 saturated heterocycles. The van der Waals surface area contributed by atoms with Crippen molar-refractivity contribution < 1.29 is 5.21 Å². The Hall–Kier alpha value is -1.55. The third kappa shape index (κ3) is 3.55. The van der Waals surface area contributed by atoms with Crippen LogP contribution in [-0.2, 0) is 0 Å². The number of benzene rings is 1. The summed E-state index contributed by atoms with van der Waals surface area (Å²) in [4.78, 5) is 0. The van der Waals surface area contributed by atoms with Crippen molar-refractivity contribution in [2.45, 2.75) is 26.3 Å². The highest BCUT2D eigenvalue weighted by atomic mass is 16.4. The molecule has 0 fully saturated rings. The molecule has 0 saturated carbocycles. The van der Waals surface area contributed by atoms with Gasteiger partial charge in [-0.2, -0.15) is 0 Å². The summed E-state index contributed by atoms with van der Waals surface area (Å²) in [6.07, 6.45) is 0.548. The zero-order chi connectivity index (χ0) is 12.0. The summed E-state index contributed by atoms with van der Waals surface area (Å²) in [5, 5.41) is 14.7. The molecule has 4 N–H and O–H groups in total. The topological polar surface area (TPSA) is 70.6 Å². The lowest BCUT2D eigenvalue weighted by atomic mass is 10.0. The number of hydrogen-bond donors (Lipinski definition) is 3. The van der Waals surface area contributed by atoms with Crippen molar-refractivity contribution in [2.24, 2.45) is 10.9 Å². The van der Waals surface area contributed by atoms with Crippen LogP contribution in [0.15, 0.2) is 29.4 Å². The van der Waals surface area contributed by atoms with Crippen molar-refractivity contribution in [3.63, 3.8) is 0 Å². The molecule has 0 aromatic heterocycles. The number of oxime groups is 1. The summed E-state index contributed by atoms with van der Waals surface area (Å²) >= 11 is 0. The van der Waals surface area contributed by atoms with E-state index in [0.717, 1.165) is 0 Å². The molecule has 0 aliphatic heterocycles. The van der Waals surface area contributed by atoms with E-state index in [1.165, 1.54) is 11.1 Å². The molecule has 0 unspecified atom stereocenters. The molecule has 0 spiro atoms.